The molecule has 0 unspecified atom stereocenters. The number of hydrogen-bond donors (Lipinski definition) is 0. The summed E-state index contributed by atoms with van der Waals surface area (Å²) in [5, 5.41) is 0.609. The van der Waals surface area contributed by atoms with Gasteiger partial charge in [0.05, 0.1) is 10.7 Å². The first kappa shape index (κ1) is 10.1. The van der Waals surface area contributed by atoms with Gasteiger partial charge in [-0.25, -0.2) is 0 Å². The summed E-state index contributed by atoms with van der Waals surface area (Å²) in [5.74, 6) is -0.0225. The zero-order valence-corrected chi connectivity index (χ0v) is 8.72. The molecule has 0 N–H and O–H groups in total. The van der Waals surface area contributed by atoms with E-state index in [2.05, 4.69) is 0 Å². The first-order valence-electron chi connectivity index (χ1n) is 4.03. The predicted molar refractivity (Wildman–Crippen MR) is 55.3 cm³/mol. The summed E-state index contributed by atoms with van der Waals surface area (Å²) in [4.78, 5) is 12.6. The normalized spacial score (nSPS) is 9.85. The van der Waals surface area contributed by atoms with Crippen molar-refractivity contribution in [3.05, 3.63) is 28.8 Å². The van der Waals surface area contributed by atoms with E-state index in [1.165, 1.54) is 11.8 Å². The van der Waals surface area contributed by atoms with Crippen LogP contribution in [0.15, 0.2) is 18.2 Å². The average Bonchev–Trinajstić information content (AvgIpc) is 2.03. The number of aryl methyl sites for hydroxylation is 1. The summed E-state index contributed by atoms with van der Waals surface area (Å²) in [6.45, 7) is 3.47. The second-order valence-corrected chi connectivity index (χ2v) is 3.44. The summed E-state index contributed by atoms with van der Waals surface area (Å²) in [5.41, 5.74) is 1.84. The van der Waals surface area contributed by atoms with Crippen LogP contribution < -0.4 is 4.90 Å². The van der Waals surface area contributed by atoms with E-state index >= 15 is 0 Å². The molecule has 1 aromatic carbocycles. The molecule has 2 nitrogen and oxygen atoms in total. The molecular formula is C10H12ClNO. The topological polar surface area (TPSA) is 20.3 Å². The third-order valence-electron chi connectivity index (χ3n) is 1.94. The molecule has 0 aliphatic carbocycles. The van der Waals surface area contributed by atoms with Gasteiger partial charge in [-0.3, -0.25) is 4.79 Å². The molecule has 3 heteroatoms. The first-order valence-corrected chi connectivity index (χ1v) is 4.40. The van der Waals surface area contributed by atoms with Gasteiger partial charge in [0.1, 0.15) is 0 Å². The van der Waals surface area contributed by atoms with Gasteiger partial charge in [-0.15, -0.1) is 0 Å². The Balaban J connectivity index is 3.08. The van der Waals surface area contributed by atoms with E-state index in [9.17, 15) is 4.79 Å². The lowest BCUT2D eigenvalue weighted by molar-refractivity contribution is -0.116. The molecule has 0 atom stereocenters. The fraction of sp³-hybridized carbons (Fsp3) is 0.300. The summed E-state index contributed by atoms with van der Waals surface area (Å²) in [6, 6.07) is 5.62. The van der Waals surface area contributed by atoms with Crippen molar-refractivity contribution < 1.29 is 4.79 Å². The molecule has 0 radical (unpaired) electrons. The predicted octanol–water partition coefficient (Wildman–Crippen LogP) is 2.63. The van der Waals surface area contributed by atoms with Crippen molar-refractivity contribution in [2.75, 3.05) is 11.9 Å². The summed E-state index contributed by atoms with van der Waals surface area (Å²) >= 11 is 5.97. The van der Waals surface area contributed by atoms with Crippen molar-refractivity contribution in [3.63, 3.8) is 0 Å². The van der Waals surface area contributed by atoms with Crippen LogP contribution in [0, 0.1) is 6.92 Å². The maximum Gasteiger partial charge on any atom is 0.223 e. The third kappa shape index (κ3) is 2.22. The fourth-order valence-electron chi connectivity index (χ4n) is 1.05. The van der Waals surface area contributed by atoms with Gasteiger partial charge in [0.2, 0.25) is 5.91 Å². The van der Waals surface area contributed by atoms with Crippen molar-refractivity contribution in [3.8, 4) is 0 Å². The van der Waals surface area contributed by atoms with Crippen molar-refractivity contribution in [1.82, 2.24) is 0 Å². The lowest BCUT2D eigenvalue weighted by Crippen LogP contribution is -2.23. The van der Waals surface area contributed by atoms with E-state index in [1.807, 2.05) is 25.1 Å². The monoisotopic (exact) mass is 197 g/mol. The number of carbonyl (C=O) groups is 1. The quantitative estimate of drug-likeness (QED) is 0.678. The van der Waals surface area contributed by atoms with Crippen LogP contribution >= 0.6 is 11.6 Å². The van der Waals surface area contributed by atoms with Gasteiger partial charge in [-0.2, -0.15) is 0 Å². The minimum atomic E-state index is -0.0225. The molecule has 0 saturated carbocycles. The first-order chi connectivity index (χ1) is 6.02. The minimum absolute atomic E-state index is 0.0225. The number of hydrogen-bond acceptors (Lipinski definition) is 1. The van der Waals surface area contributed by atoms with Gasteiger partial charge in [0, 0.05) is 14.0 Å². The maximum absolute atomic E-state index is 11.0. The van der Waals surface area contributed by atoms with E-state index in [1.54, 1.807) is 7.05 Å². The Morgan fingerprint density at radius 1 is 1.46 bits per heavy atom. The van der Waals surface area contributed by atoms with Crippen LogP contribution in [0.25, 0.3) is 0 Å². The Morgan fingerprint density at radius 2 is 2.08 bits per heavy atom. The van der Waals surface area contributed by atoms with Gasteiger partial charge in [0.25, 0.3) is 0 Å². The number of halogens is 1. The highest BCUT2D eigenvalue weighted by atomic mass is 35.5. The summed E-state index contributed by atoms with van der Waals surface area (Å²) < 4.78 is 0. The van der Waals surface area contributed by atoms with Crippen LogP contribution in [-0.2, 0) is 4.79 Å². The number of amides is 1. The van der Waals surface area contributed by atoms with Gasteiger partial charge in [-0.1, -0.05) is 17.7 Å². The van der Waals surface area contributed by atoms with Crippen LogP contribution in [-0.4, -0.2) is 13.0 Å². The van der Waals surface area contributed by atoms with Gasteiger partial charge in [0.15, 0.2) is 0 Å². The highest BCUT2D eigenvalue weighted by Crippen LogP contribution is 2.25. The molecule has 1 aromatic rings. The minimum Gasteiger partial charge on any atom is -0.314 e. The number of nitrogens with zero attached hydrogens (tertiary/aromatic N) is 1. The second kappa shape index (κ2) is 3.79. The van der Waals surface area contributed by atoms with Crippen molar-refractivity contribution in [2.24, 2.45) is 0 Å². The lowest BCUT2D eigenvalue weighted by Gasteiger charge is -2.16. The Hall–Kier alpha value is -1.02. The van der Waals surface area contributed by atoms with Crippen LogP contribution in [0.2, 0.25) is 5.02 Å². The van der Waals surface area contributed by atoms with Crippen molar-refractivity contribution >= 4 is 23.2 Å². The molecular weight excluding hydrogens is 186 g/mol. The Morgan fingerprint density at radius 3 is 2.54 bits per heavy atom. The van der Waals surface area contributed by atoms with E-state index in [-0.39, 0.29) is 5.91 Å². The van der Waals surface area contributed by atoms with Gasteiger partial charge < -0.3 is 4.90 Å². The van der Waals surface area contributed by atoms with Crippen LogP contribution in [0.5, 0.6) is 0 Å². The molecule has 0 aliphatic rings. The molecule has 1 rings (SSSR count). The van der Waals surface area contributed by atoms with E-state index in [0.29, 0.717) is 5.02 Å². The molecule has 0 aliphatic heterocycles. The molecule has 0 saturated heterocycles. The molecule has 0 bridgehead atoms. The smallest absolute Gasteiger partial charge is 0.223 e. The number of benzene rings is 1. The highest BCUT2D eigenvalue weighted by molar-refractivity contribution is 6.33. The average molecular weight is 198 g/mol. The molecule has 70 valence electrons. The zero-order valence-electron chi connectivity index (χ0n) is 7.97. The van der Waals surface area contributed by atoms with Crippen molar-refractivity contribution in [2.45, 2.75) is 13.8 Å². The molecule has 13 heavy (non-hydrogen) atoms. The van der Waals surface area contributed by atoms with E-state index < -0.39 is 0 Å². The van der Waals surface area contributed by atoms with Crippen LogP contribution in [0.3, 0.4) is 0 Å². The lowest BCUT2D eigenvalue weighted by atomic mass is 10.2. The zero-order chi connectivity index (χ0) is 10.0. The number of anilines is 1. The van der Waals surface area contributed by atoms with E-state index in [0.717, 1.165) is 11.3 Å². The van der Waals surface area contributed by atoms with Gasteiger partial charge in [-0.05, 0) is 24.6 Å². The number of rotatable bonds is 1. The summed E-state index contributed by atoms with van der Waals surface area (Å²) in [6.07, 6.45) is 0. The molecule has 0 fully saturated rings. The molecule has 0 aromatic heterocycles. The standard InChI is InChI=1S/C10H12ClNO/c1-7-4-5-10(9(11)6-7)12(3)8(2)13/h4-6H,1-3H3. The molecule has 0 spiro atoms. The van der Waals surface area contributed by atoms with E-state index in [4.69, 9.17) is 11.6 Å². The van der Waals surface area contributed by atoms with Gasteiger partial charge >= 0.3 is 0 Å². The largest absolute Gasteiger partial charge is 0.314 e. The summed E-state index contributed by atoms with van der Waals surface area (Å²) in [7, 11) is 1.71. The van der Waals surface area contributed by atoms with Crippen molar-refractivity contribution in [1.29, 1.82) is 0 Å². The Kier molecular flexibility index (Phi) is 2.94. The SMILES string of the molecule is CC(=O)N(C)c1ccc(C)cc1Cl. The van der Waals surface area contributed by atoms with Crippen LogP contribution in [0.1, 0.15) is 12.5 Å². The van der Waals surface area contributed by atoms with Crippen LogP contribution in [0.4, 0.5) is 5.69 Å². The number of carbonyl (C=O) groups excluding carboxylic acids is 1. The second-order valence-electron chi connectivity index (χ2n) is 3.03. The highest BCUT2D eigenvalue weighted by Gasteiger charge is 2.08. The maximum atomic E-state index is 11.0. The molecule has 1 amide bonds. The Labute approximate surface area is 83.1 Å². The Bertz CT molecular complexity index is 336. The third-order valence-corrected chi connectivity index (χ3v) is 2.24. The fourth-order valence-corrected chi connectivity index (χ4v) is 1.42. The molecule has 0 heterocycles.